The van der Waals surface area contributed by atoms with Gasteiger partial charge in [-0.05, 0) is 85.1 Å². The van der Waals surface area contributed by atoms with Crippen LogP contribution in [0.15, 0.2) is 84.9 Å². The van der Waals surface area contributed by atoms with Gasteiger partial charge >= 0.3 is 0 Å². The summed E-state index contributed by atoms with van der Waals surface area (Å²) in [5, 5.41) is 8.58. The van der Waals surface area contributed by atoms with Gasteiger partial charge < -0.3 is 20.7 Å². The van der Waals surface area contributed by atoms with Crippen LogP contribution in [0.2, 0.25) is 0 Å². The van der Waals surface area contributed by atoms with Crippen molar-refractivity contribution in [2.75, 3.05) is 20.2 Å². The summed E-state index contributed by atoms with van der Waals surface area (Å²) in [6.45, 7) is 8.96. The number of likely N-dealkylation sites (N-methyl/N-ethyl adjacent to an activating group) is 1. The number of hydrogen-bond acceptors (Lipinski definition) is 6. The van der Waals surface area contributed by atoms with Crippen molar-refractivity contribution in [3.05, 3.63) is 107 Å². The van der Waals surface area contributed by atoms with E-state index < -0.39 is 35.8 Å². The van der Waals surface area contributed by atoms with Crippen molar-refractivity contribution < 1.29 is 28.7 Å². The van der Waals surface area contributed by atoms with E-state index in [0.29, 0.717) is 49.1 Å². The van der Waals surface area contributed by atoms with E-state index in [1.165, 1.54) is 10.2 Å². The summed E-state index contributed by atoms with van der Waals surface area (Å²) in [6, 6.07) is 23.5. The van der Waals surface area contributed by atoms with Crippen LogP contribution in [0.3, 0.4) is 0 Å². The molecule has 1 fully saturated rings. The van der Waals surface area contributed by atoms with Crippen LogP contribution < -0.4 is 16.0 Å². The maximum Gasteiger partial charge on any atom is 0.262 e. The maximum atomic E-state index is 14.4. The van der Waals surface area contributed by atoms with Crippen LogP contribution in [0.5, 0.6) is 0 Å². The standard InChI is InChI=1S/C46H61I2N5O6/c1-6-33-21-23-36(24-22-33)45(57)52(47)26-14-13-19-40(44(56)49-5)53(48)46(58)39(29-35-17-11-8-12-18-35)51-43(55)38(28-34-15-9-7-10-16-34)50-42(54)30-59-41-27-32(4)20-25-37(41)31(2)3/h7-12,15-18,21-24,31-32,37-41H,6,13-14,19-20,25-30H2,1-5H3,(H,49,56)(H,50,54)(H,51,55). The van der Waals surface area contributed by atoms with Crippen LogP contribution in [0.4, 0.5) is 0 Å². The number of rotatable bonds is 21. The Kier molecular flexibility index (Phi) is 20.1. The first kappa shape index (κ1) is 48.1. The molecule has 5 amide bonds. The predicted octanol–water partition coefficient (Wildman–Crippen LogP) is 7.44. The van der Waals surface area contributed by atoms with Gasteiger partial charge in [0.05, 0.1) is 51.8 Å². The van der Waals surface area contributed by atoms with Crippen molar-refractivity contribution >= 4 is 75.3 Å². The molecule has 0 radical (unpaired) electrons. The summed E-state index contributed by atoms with van der Waals surface area (Å²) < 4.78 is 9.26. The lowest BCUT2D eigenvalue weighted by Gasteiger charge is -2.37. The topological polar surface area (TPSA) is 137 Å². The van der Waals surface area contributed by atoms with Gasteiger partial charge in [0.15, 0.2) is 0 Å². The Morgan fingerprint density at radius 2 is 1.39 bits per heavy atom. The van der Waals surface area contributed by atoms with Crippen LogP contribution >= 0.6 is 45.7 Å². The normalized spacial score (nSPS) is 17.9. The molecule has 0 bridgehead atoms. The highest BCUT2D eigenvalue weighted by atomic mass is 127. The summed E-state index contributed by atoms with van der Waals surface area (Å²) in [5.74, 6) is -0.479. The van der Waals surface area contributed by atoms with Crippen molar-refractivity contribution in [3.63, 3.8) is 0 Å². The Bertz CT molecular complexity index is 1800. The zero-order valence-corrected chi connectivity index (χ0v) is 39.3. The number of ether oxygens (including phenoxy) is 1. The molecule has 6 unspecified atom stereocenters. The van der Waals surface area contributed by atoms with Gasteiger partial charge in [-0.2, -0.15) is 0 Å². The number of nitrogens with zero attached hydrogens (tertiary/aromatic N) is 2. The van der Waals surface area contributed by atoms with Gasteiger partial charge in [0.2, 0.25) is 17.7 Å². The molecule has 59 heavy (non-hydrogen) atoms. The number of halogens is 2. The highest BCUT2D eigenvalue weighted by Crippen LogP contribution is 2.35. The van der Waals surface area contributed by atoms with Gasteiger partial charge in [-0.1, -0.05) is 107 Å². The van der Waals surface area contributed by atoms with Crippen molar-refractivity contribution in [3.8, 4) is 0 Å². The lowest BCUT2D eigenvalue weighted by Crippen LogP contribution is -2.57. The quantitative estimate of drug-likeness (QED) is 0.0577. The van der Waals surface area contributed by atoms with E-state index in [4.69, 9.17) is 4.74 Å². The second-order valence-corrected chi connectivity index (χ2v) is 18.2. The fraction of sp³-hybridized carbons (Fsp3) is 0.500. The number of aryl methyl sites for hydroxylation is 1. The van der Waals surface area contributed by atoms with Gasteiger partial charge in [0.1, 0.15) is 24.7 Å². The second-order valence-electron chi connectivity index (χ2n) is 16.0. The van der Waals surface area contributed by atoms with Crippen molar-refractivity contribution in [2.24, 2.45) is 17.8 Å². The maximum absolute atomic E-state index is 14.4. The number of carbonyl (C=O) groups excluding carboxylic acids is 5. The van der Waals surface area contributed by atoms with Gasteiger partial charge in [-0.15, -0.1) is 0 Å². The first-order valence-corrected chi connectivity index (χ1v) is 22.8. The van der Waals surface area contributed by atoms with Crippen molar-refractivity contribution in [2.45, 2.75) is 110 Å². The molecule has 4 rings (SSSR count). The molecule has 320 valence electrons. The Morgan fingerprint density at radius 3 is 1.97 bits per heavy atom. The minimum atomic E-state index is -1.04. The monoisotopic (exact) mass is 1030 g/mol. The summed E-state index contributed by atoms with van der Waals surface area (Å²) in [4.78, 5) is 68.5. The largest absolute Gasteiger partial charge is 0.368 e. The zero-order chi connectivity index (χ0) is 42.9. The van der Waals surface area contributed by atoms with E-state index in [9.17, 15) is 24.0 Å². The average Bonchev–Trinajstić information content (AvgIpc) is 3.24. The molecule has 11 nitrogen and oxygen atoms in total. The third kappa shape index (κ3) is 15.1. The molecule has 0 heterocycles. The van der Waals surface area contributed by atoms with E-state index in [2.05, 4.69) is 43.6 Å². The number of amides is 5. The van der Waals surface area contributed by atoms with Crippen LogP contribution in [0.1, 0.15) is 93.3 Å². The van der Waals surface area contributed by atoms with Gasteiger partial charge in [-0.25, -0.2) is 0 Å². The molecule has 0 saturated heterocycles. The first-order valence-electron chi connectivity index (χ1n) is 20.9. The summed E-state index contributed by atoms with van der Waals surface area (Å²) in [6.07, 6.45) is 5.84. The molecule has 1 aliphatic rings. The molecular formula is C46H61I2N5O6. The number of benzene rings is 3. The molecule has 0 spiro atoms. The number of unbranched alkanes of at least 4 members (excludes halogenated alkanes) is 1. The van der Waals surface area contributed by atoms with E-state index in [0.717, 1.165) is 42.4 Å². The second kappa shape index (κ2) is 24.6. The van der Waals surface area contributed by atoms with Crippen molar-refractivity contribution in [1.29, 1.82) is 0 Å². The molecule has 0 aliphatic heterocycles. The number of hydrogen-bond donors (Lipinski definition) is 3. The Labute approximate surface area is 378 Å². The molecule has 1 aliphatic carbocycles. The number of carbonyl (C=O) groups is 5. The molecular weight excluding hydrogens is 972 g/mol. The van der Waals surface area contributed by atoms with Crippen LogP contribution in [0.25, 0.3) is 0 Å². The molecule has 3 aromatic rings. The molecule has 0 aromatic heterocycles. The molecule has 6 atom stereocenters. The minimum absolute atomic E-state index is 0.0341. The Hall–Kier alpha value is -3.57. The van der Waals surface area contributed by atoms with Crippen LogP contribution in [0, 0.1) is 17.8 Å². The van der Waals surface area contributed by atoms with Gasteiger partial charge in [-0.3, -0.25) is 30.2 Å². The van der Waals surface area contributed by atoms with E-state index in [1.54, 1.807) is 3.11 Å². The molecule has 13 heteroatoms. The van der Waals surface area contributed by atoms with Crippen molar-refractivity contribution in [1.82, 2.24) is 22.2 Å². The summed E-state index contributed by atoms with van der Waals surface area (Å²) in [7, 11) is 1.53. The predicted molar refractivity (Wildman–Crippen MR) is 249 cm³/mol. The van der Waals surface area contributed by atoms with Crippen LogP contribution in [-0.4, -0.2) is 80.2 Å². The third-order valence-electron chi connectivity index (χ3n) is 11.2. The number of nitrogens with one attached hydrogen (secondary N) is 3. The summed E-state index contributed by atoms with van der Waals surface area (Å²) >= 11 is 3.90. The Morgan fingerprint density at radius 1 is 0.780 bits per heavy atom. The third-order valence-corrected chi connectivity index (χ3v) is 13.2. The lowest BCUT2D eigenvalue weighted by atomic mass is 9.75. The SMILES string of the molecule is CCc1ccc(C(=O)N(I)CCCCC(C(=O)NC)N(I)C(=O)C(Cc2ccccc2)NC(=O)C(Cc2ccccc2)NC(=O)COC2CC(C)CCC2C(C)C)cc1. The fourth-order valence-corrected chi connectivity index (χ4v) is 9.12. The van der Waals surface area contributed by atoms with E-state index >= 15 is 0 Å². The van der Waals surface area contributed by atoms with E-state index in [1.807, 2.05) is 131 Å². The average molecular weight is 1030 g/mol. The smallest absolute Gasteiger partial charge is 0.262 e. The highest BCUT2D eigenvalue weighted by Gasteiger charge is 2.36. The Balaban J connectivity index is 1.47. The molecule has 3 N–H and O–H groups in total. The van der Waals surface area contributed by atoms with Gasteiger partial charge in [0, 0.05) is 32.0 Å². The first-order chi connectivity index (χ1) is 28.3. The minimum Gasteiger partial charge on any atom is -0.368 e. The zero-order valence-electron chi connectivity index (χ0n) is 35.0. The molecule has 3 aromatic carbocycles. The lowest BCUT2D eigenvalue weighted by molar-refractivity contribution is -0.138. The van der Waals surface area contributed by atoms with E-state index in [-0.39, 0.29) is 37.4 Å². The van der Waals surface area contributed by atoms with Crippen LogP contribution in [-0.2, 0) is 43.2 Å². The highest BCUT2D eigenvalue weighted by molar-refractivity contribution is 14.1. The van der Waals surface area contributed by atoms with Gasteiger partial charge in [0.25, 0.3) is 11.8 Å². The summed E-state index contributed by atoms with van der Waals surface area (Å²) in [5.41, 5.74) is 3.44. The molecule has 1 saturated carbocycles. The fourth-order valence-electron chi connectivity index (χ4n) is 7.64.